The second-order valence-corrected chi connectivity index (χ2v) is 5.82. The molecule has 1 aromatic heterocycles. The van der Waals surface area contributed by atoms with E-state index in [1.165, 1.54) is 24.3 Å². The van der Waals surface area contributed by atoms with Gasteiger partial charge in [-0.1, -0.05) is 6.07 Å². The topological polar surface area (TPSA) is 63.2 Å². The Morgan fingerprint density at radius 3 is 2.62 bits per heavy atom. The molecular weight excluding hydrogens is 309 g/mol. The number of hydrogen-bond donors (Lipinski definition) is 2. The fraction of sp³-hybridized carbons (Fsp3) is 0.333. The number of rotatable bonds is 4. The van der Waals surface area contributed by atoms with Crippen molar-refractivity contribution in [2.24, 2.45) is 5.92 Å². The van der Waals surface area contributed by atoms with Crippen LogP contribution in [0.1, 0.15) is 24.4 Å². The lowest BCUT2D eigenvalue weighted by molar-refractivity contribution is 0.0550. The van der Waals surface area contributed by atoms with E-state index in [4.69, 9.17) is 4.74 Å². The second kappa shape index (κ2) is 7.88. The first-order chi connectivity index (χ1) is 11.7. The molecule has 2 aromatic rings. The number of nitrogens with one attached hydrogen (secondary N) is 2. The van der Waals surface area contributed by atoms with Crippen LogP contribution in [0.4, 0.5) is 14.9 Å². The number of halogens is 1. The molecule has 6 heteroatoms. The number of amides is 2. The van der Waals surface area contributed by atoms with Gasteiger partial charge in [0.25, 0.3) is 0 Å². The maximum Gasteiger partial charge on any atom is 0.319 e. The van der Waals surface area contributed by atoms with E-state index in [1.807, 2.05) is 12.1 Å². The zero-order valence-corrected chi connectivity index (χ0v) is 13.2. The first-order valence-electron chi connectivity index (χ1n) is 8.03. The van der Waals surface area contributed by atoms with Crippen LogP contribution in [-0.2, 0) is 4.74 Å². The van der Waals surface area contributed by atoms with Gasteiger partial charge in [-0.25, -0.2) is 9.18 Å². The monoisotopic (exact) mass is 329 g/mol. The van der Waals surface area contributed by atoms with Crippen LogP contribution in [-0.4, -0.2) is 24.2 Å². The van der Waals surface area contributed by atoms with Crippen LogP contribution in [0.25, 0.3) is 0 Å². The molecule has 2 amide bonds. The molecule has 126 valence electrons. The fourth-order valence-electron chi connectivity index (χ4n) is 2.92. The van der Waals surface area contributed by atoms with Gasteiger partial charge >= 0.3 is 6.03 Å². The van der Waals surface area contributed by atoms with E-state index in [9.17, 15) is 9.18 Å². The normalized spacial score (nSPS) is 16.4. The zero-order chi connectivity index (χ0) is 16.8. The molecule has 1 aliphatic heterocycles. The number of anilines is 1. The Morgan fingerprint density at radius 1 is 1.21 bits per heavy atom. The van der Waals surface area contributed by atoms with Gasteiger partial charge in [0.2, 0.25) is 0 Å². The summed E-state index contributed by atoms with van der Waals surface area (Å²) in [6.45, 7) is 1.39. The molecule has 3 rings (SSSR count). The third-order valence-corrected chi connectivity index (χ3v) is 4.17. The van der Waals surface area contributed by atoms with Crippen molar-refractivity contribution in [2.75, 3.05) is 18.5 Å². The first kappa shape index (κ1) is 16.4. The molecule has 1 atom stereocenters. The van der Waals surface area contributed by atoms with Crippen LogP contribution in [0, 0.1) is 11.7 Å². The number of carbonyl (C=O) groups excluding carboxylic acids is 1. The van der Waals surface area contributed by atoms with E-state index >= 15 is 0 Å². The molecule has 5 nitrogen and oxygen atoms in total. The van der Waals surface area contributed by atoms with Gasteiger partial charge < -0.3 is 15.4 Å². The molecule has 1 aliphatic rings. The number of benzene rings is 1. The van der Waals surface area contributed by atoms with Gasteiger partial charge in [-0.3, -0.25) is 4.98 Å². The van der Waals surface area contributed by atoms with Gasteiger partial charge in [0, 0.05) is 31.3 Å². The Morgan fingerprint density at radius 2 is 1.96 bits per heavy atom. The van der Waals surface area contributed by atoms with Crippen molar-refractivity contribution in [2.45, 2.75) is 18.9 Å². The van der Waals surface area contributed by atoms with Crippen LogP contribution < -0.4 is 10.6 Å². The molecule has 2 N–H and O–H groups in total. The van der Waals surface area contributed by atoms with E-state index in [2.05, 4.69) is 15.6 Å². The minimum atomic E-state index is -0.337. The highest BCUT2D eigenvalue weighted by Crippen LogP contribution is 2.29. The fourth-order valence-corrected chi connectivity index (χ4v) is 2.92. The summed E-state index contributed by atoms with van der Waals surface area (Å²) < 4.78 is 18.4. The highest BCUT2D eigenvalue weighted by atomic mass is 19.1. The summed E-state index contributed by atoms with van der Waals surface area (Å²) in [6, 6.07) is 9.06. The lowest BCUT2D eigenvalue weighted by atomic mass is 9.88. The molecule has 2 heterocycles. The molecule has 0 aliphatic carbocycles. The quantitative estimate of drug-likeness (QED) is 0.902. The average molecular weight is 329 g/mol. The Balaban J connectivity index is 1.71. The molecule has 1 unspecified atom stereocenters. The van der Waals surface area contributed by atoms with Crippen molar-refractivity contribution < 1.29 is 13.9 Å². The van der Waals surface area contributed by atoms with Crippen molar-refractivity contribution >= 4 is 11.7 Å². The highest BCUT2D eigenvalue weighted by Gasteiger charge is 2.27. The second-order valence-electron chi connectivity index (χ2n) is 5.82. The molecule has 1 fully saturated rings. The SMILES string of the molecule is O=C(Nc1ccc(F)cc1)NC(c1cccnc1)C1CCOCC1. The number of carbonyl (C=O) groups is 1. The highest BCUT2D eigenvalue weighted by molar-refractivity contribution is 5.89. The largest absolute Gasteiger partial charge is 0.381 e. The summed E-state index contributed by atoms with van der Waals surface area (Å²) >= 11 is 0. The lowest BCUT2D eigenvalue weighted by Crippen LogP contribution is -2.38. The van der Waals surface area contributed by atoms with E-state index in [0.717, 1.165) is 18.4 Å². The molecule has 0 spiro atoms. The maximum atomic E-state index is 13.0. The van der Waals surface area contributed by atoms with Crippen molar-refractivity contribution in [3.05, 3.63) is 60.2 Å². The van der Waals surface area contributed by atoms with Gasteiger partial charge in [-0.05, 0) is 54.7 Å². The van der Waals surface area contributed by atoms with Crippen LogP contribution >= 0.6 is 0 Å². The predicted molar refractivity (Wildman–Crippen MR) is 89.1 cm³/mol. The van der Waals surface area contributed by atoms with Crippen molar-refractivity contribution in [3.63, 3.8) is 0 Å². The van der Waals surface area contributed by atoms with Gasteiger partial charge in [-0.2, -0.15) is 0 Å². The number of pyridine rings is 1. The standard InChI is InChI=1S/C18H20FN3O2/c19-15-3-5-16(6-4-15)21-18(23)22-17(13-7-10-24-11-8-13)14-2-1-9-20-12-14/h1-6,9,12-13,17H,7-8,10-11H2,(H2,21,22,23). The van der Waals surface area contributed by atoms with E-state index in [-0.39, 0.29) is 17.9 Å². The number of urea groups is 1. The summed E-state index contributed by atoms with van der Waals surface area (Å²) in [7, 11) is 0. The molecular formula is C18H20FN3O2. The summed E-state index contributed by atoms with van der Waals surface area (Å²) in [4.78, 5) is 16.5. The molecule has 1 saturated heterocycles. The summed E-state index contributed by atoms with van der Waals surface area (Å²) in [5.41, 5.74) is 1.52. The molecule has 0 bridgehead atoms. The van der Waals surface area contributed by atoms with E-state index in [0.29, 0.717) is 24.8 Å². The number of ether oxygens (including phenoxy) is 1. The summed E-state index contributed by atoms with van der Waals surface area (Å²) in [6.07, 6.45) is 5.26. The van der Waals surface area contributed by atoms with Crippen LogP contribution in [0.5, 0.6) is 0 Å². The number of hydrogen-bond acceptors (Lipinski definition) is 3. The van der Waals surface area contributed by atoms with Gasteiger partial charge in [0.1, 0.15) is 5.82 Å². The van der Waals surface area contributed by atoms with E-state index < -0.39 is 0 Å². The van der Waals surface area contributed by atoms with Gasteiger partial charge in [0.15, 0.2) is 0 Å². The minimum Gasteiger partial charge on any atom is -0.381 e. The Hall–Kier alpha value is -2.47. The third kappa shape index (κ3) is 4.29. The van der Waals surface area contributed by atoms with E-state index in [1.54, 1.807) is 12.4 Å². The Bertz CT molecular complexity index is 658. The molecule has 24 heavy (non-hydrogen) atoms. The maximum absolute atomic E-state index is 13.0. The average Bonchev–Trinajstić information content (AvgIpc) is 2.63. The zero-order valence-electron chi connectivity index (χ0n) is 13.2. The van der Waals surface area contributed by atoms with Gasteiger partial charge in [0.05, 0.1) is 6.04 Å². The Labute approximate surface area is 140 Å². The van der Waals surface area contributed by atoms with Crippen LogP contribution in [0.2, 0.25) is 0 Å². The summed E-state index contributed by atoms with van der Waals surface area (Å²) in [5.74, 6) is -0.0432. The third-order valence-electron chi connectivity index (χ3n) is 4.17. The number of aromatic nitrogens is 1. The predicted octanol–water partition coefficient (Wildman–Crippen LogP) is 3.51. The minimum absolute atomic E-state index is 0.136. The Kier molecular flexibility index (Phi) is 5.38. The van der Waals surface area contributed by atoms with Crippen molar-refractivity contribution in [3.8, 4) is 0 Å². The van der Waals surface area contributed by atoms with Gasteiger partial charge in [-0.15, -0.1) is 0 Å². The first-order valence-corrected chi connectivity index (χ1v) is 8.03. The number of nitrogens with zero attached hydrogens (tertiary/aromatic N) is 1. The lowest BCUT2D eigenvalue weighted by Gasteiger charge is -2.31. The van der Waals surface area contributed by atoms with Crippen LogP contribution in [0.3, 0.4) is 0 Å². The molecule has 1 aromatic carbocycles. The van der Waals surface area contributed by atoms with Crippen molar-refractivity contribution in [1.82, 2.24) is 10.3 Å². The molecule has 0 saturated carbocycles. The van der Waals surface area contributed by atoms with Crippen LogP contribution in [0.15, 0.2) is 48.8 Å². The smallest absolute Gasteiger partial charge is 0.319 e. The van der Waals surface area contributed by atoms with Crippen molar-refractivity contribution in [1.29, 1.82) is 0 Å². The molecule has 0 radical (unpaired) electrons. The summed E-state index contributed by atoms with van der Waals surface area (Å²) in [5, 5.41) is 5.77.